The number of aromatic nitrogens is 2. The zero-order valence-corrected chi connectivity index (χ0v) is 17.2. The number of phenolic OH excluding ortho intramolecular Hbond substituents is 1. The summed E-state index contributed by atoms with van der Waals surface area (Å²) in [4.78, 5) is 4.60. The fourth-order valence-electron chi connectivity index (χ4n) is 3.73. The number of hydrogen-bond acceptors (Lipinski definition) is 6. The van der Waals surface area contributed by atoms with Gasteiger partial charge < -0.3 is 21.1 Å². The third-order valence-electron chi connectivity index (χ3n) is 5.29. The maximum atomic E-state index is 9.97. The van der Waals surface area contributed by atoms with Crippen LogP contribution >= 0.6 is 11.8 Å². The van der Waals surface area contributed by atoms with Crippen molar-refractivity contribution in [2.75, 3.05) is 38.0 Å². The maximum Gasteiger partial charge on any atom is 0.116 e. The summed E-state index contributed by atoms with van der Waals surface area (Å²) in [6.07, 6.45) is 0. The highest BCUT2D eigenvalue weighted by molar-refractivity contribution is 8.00. The molecule has 0 bridgehead atoms. The zero-order valence-electron chi connectivity index (χ0n) is 16.4. The van der Waals surface area contributed by atoms with Gasteiger partial charge in [-0.1, -0.05) is 25.6 Å². The summed E-state index contributed by atoms with van der Waals surface area (Å²) in [6, 6.07) is 9.80. The van der Waals surface area contributed by atoms with Gasteiger partial charge in [0.05, 0.1) is 12.1 Å². The number of fused-ring (bicyclic) bond motifs is 2. The molecule has 0 spiro atoms. The highest BCUT2D eigenvalue weighted by Crippen LogP contribution is 2.51. The van der Waals surface area contributed by atoms with E-state index in [1.807, 2.05) is 12.1 Å². The molecule has 4 N–H and O–H groups in total. The molecule has 0 fully saturated rings. The Hall–Kier alpha value is -2.22. The molecule has 0 atom stereocenters. The first-order chi connectivity index (χ1) is 13.7. The lowest BCUT2D eigenvalue weighted by molar-refractivity contribution is 0.287. The summed E-state index contributed by atoms with van der Waals surface area (Å²) in [6.45, 7) is 9.59. The standard InChI is InChI=1S/C21H27N5OS/c1-3-25(4-2)11-12-26-17-8-7-16(23-10-9-22)21-19(17)20(24-26)15-6-5-14(27)13-18(15)28-21/h5-8,13,23,27H,3-4,9-12,22H2,1-2H3. The predicted octanol–water partition coefficient (Wildman–Crippen LogP) is 3.59. The van der Waals surface area contributed by atoms with Gasteiger partial charge in [-0.15, -0.1) is 0 Å². The minimum Gasteiger partial charge on any atom is -0.508 e. The van der Waals surface area contributed by atoms with E-state index in [0.717, 1.165) is 65.0 Å². The molecule has 4 rings (SSSR count). The maximum absolute atomic E-state index is 9.97. The summed E-state index contributed by atoms with van der Waals surface area (Å²) < 4.78 is 2.13. The van der Waals surface area contributed by atoms with Gasteiger partial charge in [-0.3, -0.25) is 4.68 Å². The molecule has 3 aromatic rings. The van der Waals surface area contributed by atoms with Gasteiger partial charge in [0.1, 0.15) is 11.4 Å². The number of likely N-dealkylation sites (N-methyl/N-ethyl adjacent to an activating group) is 1. The van der Waals surface area contributed by atoms with Crippen molar-refractivity contribution in [3.05, 3.63) is 30.3 Å². The van der Waals surface area contributed by atoms with E-state index in [-0.39, 0.29) is 5.75 Å². The Morgan fingerprint density at radius 1 is 1.21 bits per heavy atom. The summed E-state index contributed by atoms with van der Waals surface area (Å²) in [5.41, 5.74) is 10.00. The van der Waals surface area contributed by atoms with Crippen LogP contribution in [-0.2, 0) is 6.54 Å². The quantitative estimate of drug-likeness (QED) is 0.422. The number of nitrogens with zero attached hydrogens (tertiary/aromatic N) is 3. The van der Waals surface area contributed by atoms with Crippen molar-refractivity contribution in [3.63, 3.8) is 0 Å². The number of nitrogens with one attached hydrogen (secondary N) is 1. The van der Waals surface area contributed by atoms with Crippen molar-refractivity contribution in [3.8, 4) is 17.0 Å². The first kappa shape index (κ1) is 19.1. The number of phenols is 1. The smallest absolute Gasteiger partial charge is 0.116 e. The van der Waals surface area contributed by atoms with Crippen LogP contribution in [0.2, 0.25) is 0 Å². The third kappa shape index (κ3) is 3.34. The summed E-state index contributed by atoms with van der Waals surface area (Å²) in [5, 5.41) is 19.6. The zero-order chi connectivity index (χ0) is 19.7. The Morgan fingerprint density at radius 3 is 2.79 bits per heavy atom. The van der Waals surface area contributed by atoms with Crippen molar-refractivity contribution in [2.45, 2.75) is 30.2 Å². The highest BCUT2D eigenvalue weighted by Gasteiger charge is 2.26. The van der Waals surface area contributed by atoms with Gasteiger partial charge in [-0.2, -0.15) is 5.10 Å². The monoisotopic (exact) mass is 397 g/mol. The second kappa shape index (κ2) is 8.03. The predicted molar refractivity (Wildman–Crippen MR) is 116 cm³/mol. The second-order valence-corrected chi connectivity index (χ2v) is 7.99. The number of benzene rings is 2. The van der Waals surface area contributed by atoms with Gasteiger partial charge in [0.15, 0.2) is 0 Å². The van der Waals surface area contributed by atoms with E-state index in [2.05, 4.69) is 40.9 Å². The minimum absolute atomic E-state index is 0.277. The lowest BCUT2D eigenvalue weighted by atomic mass is 10.1. The molecular weight excluding hydrogens is 370 g/mol. The Labute approximate surface area is 169 Å². The largest absolute Gasteiger partial charge is 0.508 e. The molecule has 0 saturated heterocycles. The molecule has 0 amide bonds. The Kier molecular flexibility index (Phi) is 5.48. The average Bonchev–Trinajstić information content (AvgIpc) is 3.08. The topological polar surface area (TPSA) is 79.3 Å². The lowest BCUT2D eigenvalue weighted by Gasteiger charge is -2.19. The Bertz CT molecular complexity index is 996. The van der Waals surface area contributed by atoms with Crippen LogP contribution in [0.15, 0.2) is 40.1 Å². The first-order valence-electron chi connectivity index (χ1n) is 9.87. The highest BCUT2D eigenvalue weighted by atomic mass is 32.2. The molecule has 148 valence electrons. The number of aromatic hydroxyl groups is 1. The van der Waals surface area contributed by atoms with E-state index < -0.39 is 0 Å². The van der Waals surface area contributed by atoms with Gasteiger partial charge in [-0.05, 0) is 43.4 Å². The fraction of sp³-hybridized carbons (Fsp3) is 0.381. The molecule has 2 heterocycles. The molecule has 7 heteroatoms. The fourth-order valence-corrected chi connectivity index (χ4v) is 4.96. The van der Waals surface area contributed by atoms with Crippen molar-refractivity contribution in [1.82, 2.24) is 14.7 Å². The van der Waals surface area contributed by atoms with Crippen LogP contribution < -0.4 is 11.1 Å². The third-order valence-corrected chi connectivity index (χ3v) is 6.47. The van der Waals surface area contributed by atoms with Crippen molar-refractivity contribution < 1.29 is 5.11 Å². The molecule has 0 saturated carbocycles. The van der Waals surface area contributed by atoms with E-state index in [4.69, 9.17) is 10.8 Å². The Balaban J connectivity index is 1.83. The molecule has 1 aliphatic heterocycles. The van der Waals surface area contributed by atoms with E-state index >= 15 is 0 Å². The van der Waals surface area contributed by atoms with Crippen LogP contribution in [0.5, 0.6) is 5.75 Å². The Morgan fingerprint density at radius 2 is 2.04 bits per heavy atom. The normalized spacial score (nSPS) is 12.6. The lowest BCUT2D eigenvalue weighted by Crippen LogP contribution is -2.27. The molecule has 1 aliphatic rings. The number of hydrogen-bond donors (Lipinski definition) is 3. The van der Waals surface area contributed by atoms with Gasteiger partial charge in [0, 0.05) is 46.1 Å². The van der Waals surface area contributed by atoms with Crippen LogP contribution in [0.25, 0.3) is 22.2 Å². The van der Waals surface area contributed by atoms with E-state index in [9.17, 15) is 5.11 Å². The summed E-state index contributed by atoms with van der Waals surface area (Å²) >= 11 is 1.69. The molecule has 6 nitrogen and oxygen atoms in total. The van der Waals surface area contributed by atoms with E-state index in [1.165, 1.54) is 5.39 Å². The van der Waals surface area contributed by atoms with Crippen molar-refractivity contribution >= 4 is 28.4 Å². The molecule has 0 radical (unpaired) electrons. The molecular formula is C21H27N5OS. The molecule has 0 unspecified atom stereocenters. The number of rotatable bonds is 8. The molecule has 28 heavy (non-hydrogen) atoms. The van der Waals surface area contributed by atoms with Crippen molar-refractivity contribution in [2.24, 2.45) is 5.73 Å². The summed E-state index contributed by atoms with van der Waals surface area (Å²) in [7, 11) is 0. The van der Waals surface area contributed by atoms with Crippen LogP contribution in [0.1, 0.15) is 13.8 Å². The molecule has 2 aromatic carbocycles. The number of nitrogens with two attached hydrogens (primary N) is 1. The van der Waals surface area contributed by atoms with Crippen molar-refractivity contribution in [1.29, 1.82) is 0 Å². The molecule has 0 aliphatic carbocycles. The van der Waals surface area contributed by atoms with Gasteiger partial charge in [-0.25, -0.2) is 0 Å². The SMILES string of the molecule is CCN(CC)CCn1nc2c3c(c(NCCN)ccc31)Sc1cc(O)ccc1-2. The van der Waals surface area contributed by atoms with Crippen LogP contribution in [-0.4, -0.2) is 52.5 Å². The molecule has 1 aromatic heterocycles. The van der Waals surface area contributed by atoms with Gasteiger partial charge in [0.25, 0.3) is 0 Å². The average molecular weight is 398 g/mol. The first-order valence-corrected chi connectivity index (χ1v) is 10.7. The second-order valence-electron chi connectivity index (χ2n) is 6.93. The van der Waals surface area contributed by atoms with Crippen LogP contribution in [0.3, 0.4) is 0 Å². The summed E-state index contributed by atoms with van der Waals surface area (Å²) in [5.74, 6) is 0.277. The van der Waals surface area contributed by atoms with Crippen LogP contribution in [0.4, 0.5) is 5.69 Å². The van der Waals surface area contributed by atoms with Gasteiger partial charge in [0.2, 0.25) is 0 Å². The van der Waals surface area contributed by atoms with E-state index in [0.29, 0.717) is 6.54 Å². The van der Waals surface area contributed by atoms with Crippen LogP contribution in [0, 0.1) is 0 Å². The minimum atomic E-state index is 0.277. The number of anilines is 1. The van der Waals surface area contributed by atoms with E-state index in [1.54, 1.807) is 17.8 Å². The van der Waals surface area contributed by atoms with Gasteiger partial charge >= 0.3 is 0 Å².